The van der Waals surface area contributed by atoms with E-state index in [0.717, 1.165) is 0 Å². The lowest BCUT2D eigenvalue weighted by molar-refractivity contribution is -0.137. The average molecular weight is 260 g/mol. The van der Waals surface area contributed by atoms with Crippen molar-refractivity contribution in [2.45, 2.75) is 38.6 Å². The zero-order valence-electron chi connectivity index (χ0n) is 10.7. The maximum atomic E-state index is 11.3. The van der Waals surface area contributed by atoms with Gasteiger partial charge in [0.05, 0.1) is 0 Å². The van der Waals surface area contributed by atoms with Crippen LogP contribution >= 0.6 is 0 Å². The second-order valence-corrected chi connectivity index (χ2v) is 3.95. The van der Waals surface area contributed by atoms with Crippen molar-refractivity contribution in [2.24, 2.45) is 0 Å². The van der Waals surface area contributed by atoms with Gasteiger partial charge in [-0.05, 0) is 19.8 Å². The van der Waals surface area contributed by atoms with Crippen LogP contribution < -0.4 is 10.6 Å². The van der Waals surface area contributed by atoms with Crippen molar-refractivity contribution < 1.29 is 24.2 Å². The minimum Gasteiger partial charge on any atom is -0.481 e. The van der Waals surface area contributed by atoms with E-state index in [1.165, 1.54) is 0 Å². The van der Waals surface area contributed by atoms with E-state index in [4.69, 9.17) is 9.84 Å². The Kier molecular flexibility index (Phi) is 8.55. The van der Waals surface area contributed by atoms with Gasteiger partial charge in [-0.1, -0.05) is 0 Å². The molecule has 3 amide bonds. The third-order valence-corrected chi connectivity index (χ3v) is 2.18. The van der Waals surface area contributed by atoms with Crippen LogP contribution in [0.5, 0.6) is 0 Å². The molecule has 0 fully saturated rings. The summed E-state index contributed by atoms with van der Waals surface area (Å²) in [5.74, 6) is -1.44. The molecule has 0 heterocycles. The average Bonchev–Trinajstić information content (AvgIpc) is 2.25. The molecule has 104 valence electrons. The highest BCUT2D eigenvalue weighted by Crippen LogP contribution is 1.95. The fraction of sp³-hybridized carbons (Fsp3) is 0.727. The Labute approximate surface area is 106 Å². The number of rotatable bonds is 8. The van der Waals surface area contributed by atoms with E-state index in [0.29, 0.717) is 13.0 Å². The van der Waals surface area contributed by atoms with Gasteiger partial charge in [0.15, 0.2) is 0 Å². The lowest BCUT2D eigenvalue weighted by Crippen LogP contribution is -2.43. The molecule has 3 N–H and O–H groups in total. The molecule has 0 saturated carbocycles. The molecule has 0 aromatic heterocycles. The molecule has 1 unspecified atom stereocenters. The molecule has 0 rings (SSSR count). The van der Waals surface area contributed by atoms with Crippen LogP contribution in [0.2, 0.25) is 0 Å². The van der Waals surface area contributed by atoms with Crippen molar-refractivity contribution in [3.63, 3.8) is 0 Å². The van der Waals surface area contributed by atoms with Gasteiger partial charge in [0.2, 0.25) is 5.91 Å². The van der Waals surface area contributed by atoms with Gasteiger partial charge in [-0.3, -0.25) is 14.9 Å². The Morgan fingerprint density at radius 3 is 2.50 bits per heavy atom. The quantitative estimate of drug-likeness (QED) is 0.589. The molecule has 0 aliphatic carbocycles. The summed E-state index contributed by atoms with van der Waals surface area (Å²) in [5.41, 5.74) is 0. The molecule has 1 atom stereocenters. The number of aliphatic carboxylic acids is 1. The van der Waals surface area contributed by atoms with E-state index in [1.54, 1.807) is 14.0 Å². The highest BCUT2D eigenvalue weighted by Gasteiger charge is 2.10. The molecular weight excluding hydrogens is 240 g/mol. The topological polar surface area (TPSA) is 105 Å². The lowest BCUT2D eigenvalue weighted by Gasteiger charge is -2.13. The Bertz CT molecular complexity index is 293. The van der Waals surface area contributed by atoms with Crippen molar-refractivity contribution >= 4 is 17.9 Å². The van der Waals surface area contributed by atoms with Crippen LogP contribution in [0.1, 0.15) is 32.6 Å². The summed E-state index contributed by atoms with van der Waals surface area (Å²) in [6.07, 6.45) is 0.802. The number of methoxy groups -OCH3 is 1. The number of amides is 3. The minimum atomic E-state index is -0.958. The number of carbonyl (C=O) groups is 3. The maximum absolute atomic E-state index is 11.3. The van der Waals surface area contributed by atoms with Gasteiger partial charge < -0.3 is 15.2 Å². The smallest absolute Gasteiger partial charge is 0.321 e. The molecule has 0 saturated heterocycles. The van der Waals surface area contributed by atoms with Crippen molar-refractivity contribution in [2.75, 3.05) is 13.7 Å². The second-order valence-electron chi connectivity index (χ2n) is 3.95. The summed E-state index contributed by atoms with van der Waals surface area (Å²) in [4.78, 5) is 32.8. The Morgan fingerprint density at radius 2 is 1.94 bits per heavy atom. The zero-order valence-corrected chi connectivity index (χ0v) is 10.7. The number of hydrogen-bond acceptors (Lipinski definition) is 4. The summed E-state index contributed by atoms with van der Waals surface area (Å²) < 4.78 is 4.86. The molecule has 7 heteroatoms. The first kappa shape index (κ1) is 16.4. The standard InChI is InChI=1S/C11H20N2O5/c1-8(6-7-18-2)12-11(17)13-9(14)4-3-5-10(15)16/h8H,3-7H2,1-2H3,(H,15,16)(H2,12,13,14,17). The molecule has 7 nitrogen and oxygen atoms in total. The minimum absolute atomic E-state index is 0.0200. The summed E-state index contributed by atoms with van der Waals surface area (Å²) in [7, 11) is 1.57. The third-order valence-electron chi connectivity index (χ3n) is 2.18. The van der Waals surface area contributed by atoms with Gasteiger partial charge >= 0.3 is 12.0 Å². The SMILES string of the molecule is COCCC(C)NC(=O)NC(=O)CCCC(=O)O. The van der Waals surface area contributed by atoms with E-state index in [2.05, 4.69) is 10.6 Å². The fourth-order valence-corrected chi connectivity index (χ4v) is 1.22. The fourth-order valence-electron chi connectivity index (χ4n) is 1.22. The highest BCUT2D eigenvalue weighted by atomic mass is 16.5. The number of carboxylic acids is 1. The molecule has 0 aliphatic heterocycles. The van der Waals surface area contributed by atoms with Gasteiger partial charge in [-0.2, -0.15) is 0 Å². The van der Waals surface area contributed by atoms with Crippen LogP contribution in [0.25, 0.3) is 0 Å². The van der Waals surface area contributed by atoms with Crippen molar-refractivity contribution in [1.29, 1.82) is 0 Å². The van der Waals surface area contributed by atoms with Crippen LogP contribution in [0.15, 0.2) is 0 Å². The van der Waals surface area contributed by atoms with Crippen LogP contribution in [-0.2, 0) is 14.3 Å². The number of urea groups is 1. The predicted molar refractivity (Wildman–Crippen MR) is 64.1 cm³/mol. The maximum Gasteiger partial charge on any atom is 0.321 e. The monoisotopic (exact) mass is 260 g/mol. The van der Waals surface area contributed by atoms with Crippen LogP contribution in [0.4, 0.5) is 4.79 Å². The van der Waals surface area contributed by atoms with Crippen LogP contribution in [-0.4, -0.2) is 42.8 Å². The Hall–Kier alpha value is -1.63. The van der Waals surface area contributed by atoms with E-state index in [-0.39, 0.29) is 25.3 Å². The van der Waals surface area contributed by atoms with Gasteiger partial charge in [-0.15, -0.1) is 0 Å². The van der Waals surface area contributed by atoms with E-state index >= 15 is 0 Å². The Morgan fingerprint density at radius 1 is 1.28 bits per heavy atom. The lowest BCUT2D eigenvalue weighted by atomic mass is 10.2. The Balaban J connectivity index is 3.73. The first-order valence-corrected chi connectivity index (χ1v) is 5.76. The predicted octanol–water partition coefficient (Wildman–Crippen LogP) is 0.492. The van der Waals surface area contributed by atoms with E-state index < -0.39 is 17.9 Å². The highest BCUT2D eigenvalue weighted by molar-refractivity contribution is 5.94. The molecule has 0 aromatic rings. The largest absolute Gasteiger partial charge is 0.481 e. The van der Waals surface area contributed by atoms with Crippen molar-refractivity contribution in [1.82, 2.24) is 10.6 Å². The number of imide groups is 1. The van der Waals surface area contributed by atoms with Gasteiger partial charge in [0.1, 0.15) is 0 Å². The first-order chi connectivity index (χ1) is 8.45. The first-order valence-electron chi connectivity index (χ1n) is 5.76. The van der Waals surface area contributed by atoms with Crippen LogP contribution in [0, 0.1) is 0 Å². The van der Waals surface area contributed by atoms with E-state index in [1.807, 2.05) is 0 Å². The summed E-state index contributed by atoms with van der Waals surface area (Å²) >= 11 is 0. The zero-order chi connectivity index (χ0) is 14.0. The second kappa shape index (κ2) is 9.41. The van der Waals surface area contributed by atoms with Crippen molar-refractivity contribution in [3.8, 4) is 0 Å². The van der Waals surface area contributed by atoms with Crippen molar-refractivity contribution in [3.05, 3.63) is 0 Å². The molecule has 0 radical (unpaired) electrons. The van der Waals surface area contributed by atoms with Gasteiger partial charge in [0.25, 0.3) is 0 Å². The van der Waals surface area contributed by atoms with Crippen LogP contribution in [0.3, 0.4) is 0 Å². The summed E-state index contributed by atoms with van der Waals surface area (Å²) in [6.45, 7) is 2.32. The molecular formula is C11H20N2O5. The third kappa shape index (κ3) is 9.59. The van der Waals surface area contributed by atoms with Gasteiger partial charge in [-0.25, -0.2) is 4.79 Å². The summed E-state index contributed by atoms with van der Waals surface area (Å²) in [5, 5.41) is 13.1. The molecule has 0 aliphatic rings. The summed E-state index contributed by atoms with van der Waals surface area (Å²) in [6, 6.07) is -0.671. The number of nitrogens with one attached hydrogen (secondary N) is 2. The molecule has 0 aromatic carbocycles. The number of carboxylic acid groups (broad SMARTS) is 1. The molecule has 0 spiro atoms. The molecule has 18 heavy (non-hydrogen) atoms. The molecule has 0 bridgehead atoms. The number of hydrogen-bond donors (Lipinski definition) is 3. The number of carbonyl (C=O) groups excluding carboxylic acids is 2. The van der Waals surface area contributed by atoms with Gasteiger partial charge in [0, 0.05) is 32.6 Å². The normalized spacial score (nSPS) is 11.7. The number of ether oxygens (including phenoxy) is 1. The van der Waals surface area contributed by atoms with E-state index in [9.17, 15) is 14.4 Å².